The van der Waals surface area contributed by atoms with E-state index < -0.39 is 5.92 Å². The van der Waals surface area contributed by atoms with Crippen LogP contribution in [-0.4, -0.2) is 42.3 Å². The number of carbonyl (C=O) groups is 3. The average Bonchev–Trinajstić information content (AvgIpc) is 3.21. The van der Waals surface area contributed by atoms with Crippen LogP contribution >= 0.6 is 0 Å². The summed E-state index contributed by atoms with van der Waals surface area (Å²) in [5, 5.41) is 0.854. The second-order valence-electron chi connectivity index (χ2n) is 10.3. The number of benzene rings is 2. The van der Waals surface area contributed by atoms with Gasteiger partial charge in [0.05, 0.1) is 25.5 Å². The molecule has 2 atom stereocenters. The maximum atomic E-state index is 13.2. The zero-order valence-corrected chi connectivity index (χ0v) is 23.7. The molecule has 0 fully saturated rings. The van der Waals surface area contributed by atoms with Gasteiger partial charge < -0.3 is 14.2 Å². The van der Waals surface area contributed by atoms with Gasteiger partial charge in [-0.15, -0.1) is 0 Å². The molecule has 40 heavy (non-hydrogen) atoms. The van der Waals surface area contributed by atoms with E-state index in [-0.39, 0.29) is 17.5 Å². The Kier molecular flexibility index (Phi) is 10.3. The van der Waals surface area contributed by atoms with E-state index in [9.17, 15) is 14.4 Å². The Morgan fingerprint density at radius 2 is 1.75 bits per heavy atom. The first-order valence-electron chi connectivity index (χ1n) is 14.5. The van der Waals surface area contributed by atoms with Gasteiger partial charge in [0.15, 0.2) is 11.6 Å². The topological polar surface area (TPSA) is 91.8 Å². The third-order valence-electron chi connectivity index (χ3n) is 7.41. The van der Waals surface area contributed by atoms with Gasteiger partial charge in [-0.2, -0.15) is 0 Å². The van der Waals surface area contributed by atoms with Crippen molar-refractivity contribution >= 4 is 28.4 Å². The minimum absolute atomic E-state index is 0.160. The Morgan fingerprint density at radius 1 is 0.925 bits per heavy atom. The Bertz CT molecular complexity index is 1350. The monoisotopic (exact) mass is 545 g/mol. The summed E-state index contributed by atoms with van der Waals surface area (Å²) in [7, 11) is 0. The molecule has 1 aliphatic carbocycles. The highest BCUT2D eigenvalue weighted by atomic mass is 16.5. The molecule has 2 aromatic carbocycles. The number of ether oxygens (including phenoxy) is 3. The molecule has 0 saturated heterocycles. The van der Waals surface area contributed by atoms with Gasteiger partial charge in [0, 0.05) is 22.9 Å². The van der Waals surface area contributed by atoms with Crippen LogP contribution in [0.1, 0.15) is 98.0 Å². The largest absolute Gasteiger partial charge is 0.494 e. The first kappa shape index (κ1) is 29.2. The average molecular weight is 546 g/mol. The molecule has 2 unspecified atom stereocenters. The van der Waals surface area contributed by atoms with Gasteiger partial charge in [-0.1, -0.05) is 51.3 Å². The van der Waals surface area contributed by atoms with E-state index in [4.69, 9.17) is 19.2 Å². The molecule has 3 aromatic rings. The van der Waals surface area contributed by atoms with Crippen LogP contribution in [0.15, 0.2) is 48.5 Å². The van der Waals surface area contributed by atoms with Crippen LogP contribution in [-0.2, 0) is 9.53 Å². The smallest absolute Gasteiger partial charge is 0.305 e. The highest BCUT2D eigenvalue weighted by Gasteiger charge is 2.40. The number of unbranched alkanes of at least 4 members (excludes halogenated alkanes) is 2. The van der Waals surface area contributed by atoms with Gasteiger partial charge in [0.1, 0.15) is 22.9 Å². The SMILES string of the molecule is CCCCC(CC)COC(=O)CCCCOc1cccc2ccc(C3C(=O)c4ccc(OCC)cc4C3=O)nc12. The summed E-state index contributed by atoms with van der Waals surface area (Å²) in [6.45, 7) is 7.57. The molecule has 212 valence electrons. The van der Waals surface area contributed by atoms with Crippen molar-refractivity contribution in [2.24, 2.45) is 5.92 Å². The molecule has 1 heterocycles. The van der Waals surface area contributed by atoms with Crippen molar-refractivity contribution < 1.29 is 28.6 Å². The third kappa shape index (κ3) is 6.87. The number of Topliss-reactive ketones (excluding diaryl/α,β-unsaturated/α-hetero) is 2. The number of nitrogens with zero attached hydrogens (tertiary/aromatic N) is 1. The minimum atomic E-state index is -0.982. The summed E-state index contributed by atoms with van der Waals surface area (Å²) in [4.78, 5) is 43.3. The molecule has 1 aromatic heterocycles. The second kappa shape index (κ2) is 14.1. The number of rotatable bonds is 15. The minimum Gasteiger partial charge on any atom is -0.494 e. The van der Waals surface area contributed by atoms with E-state index in [0.717, 1.165) is 31.1 Å². The highest BCUT2D eigenvalue weighted by molar-refractivity contribution is 6.29. The molecule has 7 nitrogen and oxygen atoms in total. The lowest BCUT2D eigenvalue weighted by molar-refractivity contribution is -0.145. The van der Waals surface area contributed by atoms with Crippen molar-refractivity contribution in [3.8, 4) is 11.5 Å². The number of hydrogen-bond acceptors (Lipinski definition) is 7. The lowest BCUT2D eigenvalue weighted by atomic mass is 9.98. The van der Waals surface area contributed by atoms with Crippen molar-refractivity contribution in [3.63, 3.8) is 0 Å². The Labute approximate surface area is 236 Å². The van der Waals surface area contributed by atoms with Crippen molar-refractivity contribution in [3.05, 3.63) is 65.4 Å². The molecule has 0 N–H and O–H groups in total. The van der Waals surface area contributed by atoms with E-state index in [1.165, 1.54) is 0 Å². The molecule has 0 radical (unpaired) electrons. The number of fused-ring (bicyclic) bond motifs is 2. The fraction of sp³-hybridized carbons (Fsp3) is 0.455. The van der Waals surface area contributed by atoms with E-state index in [1.807, 2.05) is 31.2 Å². The number of para-hydroxylation sites is 1. The predicted octanol–water partition coefficient (Wildman–Crippen LogP) is 7.11. The van der Waals surface area contributed by atoms with Gasteiger partial charge in [0.25, 0.3) is 0 Å². The van der Waals surface area contributed by atoms with Crippen LogP contribution in [0.5, 0.6) is 11.5 Å². The highest BCUT2D eigenvalue weighted by Crippen LogP contribution is 2.36. The van der Waals surface area contributed by atoms with Gasteiger partial charge in [0.2, 0.25) is 0 Å². The molecule has 0 saturated carbocycles. The van der Waals surface area contributed by atoms with Crippen molar-refractivity contribution in [2.45, 2.75) is 71.6 Å². The molecular formula is C33H39NO6. The lowest BCUT2D eigenvalue weighted by Gasteiger charge is -2.14. The molecule has 0 amide bonds. The van der Waals surface area contributed by atoms with Crippen LogP contribution < -0.4 is 9.47 Å². The van der Waals surface area contributed by atoms with Crippen molar-refractivity contribution in [1.29, 1.82) is 0 Å². The van der Waals surface area contributed by atoms with Crippen LogP contribution in [0.25, 0.3) is 10.9 Å². The number of pyridine rings is 1. The lowest BCUT2D eigenvalue weighted by Crippen LogP contribution is -2.14. The summed E-state index contributed by atoms with van der Waals surface area (Å²) in [5.74, 6) is -0.0813. The number of esters is 1. The van der Waals surface area contributed by atoms with Gasteiger partial charge in [-0.05, 0) is 62.4 Å². The summed E-state index contributed by atoms with van der Waals surface area (Å²) in [5.41, 5.74) is 1.77. The maximum Gasteiger partial charge on any atom is 0.305 e. The Hall–Kier alpha value is -3.74. The van der Waals surface area contributed by atoms with E-state index in [2.05, 4.69) is 13.8 Å². The van der Waals surface area contributed by atoms with Crippen LogP contribution in [0, 0.1) is 5.92 Å². The summed E-state index contributed by atoms with van der Waals surface area (Å²) < 4.78 is 17.0. The van der Waals surface area contributed by atoms with Gasteiger partial charge in [-0.3, -0.25) is 14.4 Å². The number of ketones is 2. The van der Waals surface area contributed by atoms with Crippen molar-refractivity contribution in [1.82, 2.24) is 4.98 Å². The molecular weight excluding hydrogens is 506 g/mol. The molecule has 7 heteroatoms. The number of carbonyl (C=O) groups excluding carboxylic acids is 3. The zero-order chi connectivity index (χ0) is 28.5. The normalized spacial score (nSPS) is 15.2. The fourth-order valence-electron chi connectivity index (χ4n) is 5.04. The number of hydrogen-bond donors (Lipinski definition) is 0. The summed E-state index contributed by atoms with van der Waals surface area (Å²) in [6.07, 6.45) is 6.15. The third-order valence-corrected chi connectivity index (χ3v) is 7.41. The summed E-state index contributed by atoms with van der Waals surface area (Å²) in [6, 6.07) is 14.2. The van der Waals surface area contributed by atoms with Crippen molar-refractivity contribution in [2.75, 3.05) is 19.8 Å². The fourth-order valence-corrected chi connectivity index (χ4v) is 5.04. The van der Waals surface area contributed by atoms with Gasteiger partial charge >= 0.3 is 5.97 Å². The molecule has 1 aliphatic rings. The predicted molar refractivity (Wildman–Crippen MR) is 154 cm³/mol. The standard InChI is InChI=1S/C33H39NO6/c1-4-7-11-22(5-2)21-40-29(35)14-8-9-19-39-28-13-10-12-23-15-18-27(34-31(23)28)30-32(36)25-17-16-24(38-6-3)20-26(25)33(30)37/h10,12-13,15-18,20,22,30H,4-9,11,14,19,21H2,1-3H3. The van der Waals surface area contributed by atoms with Gasteiger partial charge in [-0.25, -0.2) is 4.98 Å². The van der Waals surface area contributed by atoms with Crippen LogP contribution in [0.4, 0.5) is 0 Å². The summed E-state index contributed by atoms with van der Waals surface area (Å²) >= 11 is 0. The number of aromatic nitrogens is 1. The maximum absolute atomic E-state index is 13.2. The van der Waals surface area contributed by atoms with E-state index in [1.54, 1.807) is 24.3 Å². The Balaban J connectivity index is 1.35. The first-order valence-corrected chi connectivity index (χ1v) is 14.5. The quantitative estimate of drug-likeness (QED) is 0.114. The Morgan fingerprint density at radius 3 is 2.52 bits per heavy atom. The van der Waals surface area contributed by atoms with Crippen LogP contribution in [0.3, 0.4) is 0 Å². The molecule has 0 aliphatic heterocycles. The zero-order valence-electron chi connectivity index (χ0n) is 23.7. The first-order chi connectivity index (χ1) is 19.5. The van der Waals surface area contributed by atoms with Crippen LogP contribution in [0.2, 0.25) is 0 Å². The van der Waals surface area contributed by atoms with E-state index in [0.29, 0.717) is 78.8 Å². The molecule has 0 bridgehead atoms. The molecule has 4 rings (SSSR count). The van der Waals surface area contributed by atoms with E-state index >= 15 is 0 Å². The molecule has 0 spiro atoms. The second-order valence-corrected chi connectivity index (χ2v) is 10.3.